The van der Waals surface area contributed by atoms with Gasteiger partial charge in [0.1, 0.15) is 10.7 Å². The zero-order chi connectivity index (χ0) is 15.2. The molecule has 1 heterocycles. The molecule has 2 rings (SSSR count). The fourth-order valence-corrected chi connectivity index (χ4v) is 2.45. The number of hydrogen-bond donors (Lipinski definition) is 2. The molecule has 2 N–H and O–H groups in total. The molecule has 2 aromatic rings. The number of hydrogen-bond acceptors (Lipinski definition) is 3. The molecule has 0 atom stereocenters. The number of rotatable bonds is 3. The second-order valence-electron chi connectivity index (χ2n) is 4.35. The molecule has 0 fully saturated rings. The van der Waals surface area contributed by atoms with Gasteiger partial charge in [-0.15, -0.1) is 11.3 Å². The molecule has 108 valence electrons. The maximum Gasteiger partial charge on any atom is 0.267 e. The van der Waals surface area contributed by atoms with E-state index in [4.69, 9.17) is 5.11 Å². The van der Waals surface area contributed by atoms with Crippen LogP contribution in [0.4, 0.5) is 10.1 Å². The second-order valence-corrected chi connectivity index (χ2v) is 5.27. The Balaban J connectivity index is 2.20. The Morgan fingerprint density at radius 3 is 3.00 bits per heavy atom. The van der Waals surface area contributed by atoms with Crippen LogP contribution in [0.2, 0.25) is 0 Å². The summed E-state index contributed by atoms with van der Waals surface area (Å²) in [6.45, 7) is 1.78. The third kappa shape index (κ3) is 3.91. The van der Waals surface area contributed by atoms with E-state index in [2.05, 4.69) is 17.2 Å². The van der Waals surface area contributed by atoms with E-state index in [9.17, 15) is 9.18 Å². The lowest BCUT2D eigenvalue weighted by molar-refractivity contribution is 0.103. The quantitative estimate of drug-likeness (QED) is 0.856. The molecule has 1 aromatic heterocycles. The molecule has 3 nitrogen and oxygen atoms in total. The summed E-state index contributed by atoms with van der Waals surface area (Å²) in [4.78, 5) is 12.7. The summed E-state index contributed by atoms with van der Waals surface area (Å²) in [5.41, 5.74) is 1.84. The van der Waals surface area contributed by atoms with Gasteiger partial charge in [-0.25, -0.2) is 4.39 Å². The largest absolute Gasteiger partial charge is 0.395 e. The van der Waals surface area contributed by atoms with Crippen molar-refractivity contribution in [2.24, 2.45) is 0 Å². The number of benzene rings is 1. The minimum absolute atomic E-state index is 0.0127. The number of aryl methyl sites for hydroxylation is 1. The maximum atomic E-state index is 13.2. The van der Waals surface area contributed by atoms with Crippen molar-refractivity contribution in [2.45, 2.75) is 13.3 Å². The van der Waals surface area contributed by atoms with Crippen molar-refractivity contribution in [1.82, 2.24) is 0 Å². The molecule has 0 bridgehead atoms. The number of anilines is 1. The average Bonchev–Trinajstić information content (AvgIpc) is 2.92. The maximum absolute atomic E-state index is 13.2. The van der Waals surface area contributed by atoms with Gasteiger partial charge in [-0.05, 0) is 36.1 Å². The Bertz CT molecular complexity index is 713. The molecule has 0 radical (unpaired) electrons. The number of thiophene rings is 1. The van der Waals surface area contributed by atoms with E-state index in [-0.39, 0.29) is 12.5 Å². The van der Waals surface area contributed by atoms with Crippen LogP contribution in [0.5, 0.6) is 0 Å². The summed E-state index contributed by atoms with van der Waals surface area (Å²) in [7, 11) is 0. The molecular formula is C16H14FNO2S. The average molecular weight is 303 g/mol. The van der Waals surface area contributed by atoms with Crippen LogP contribution in [0.25, 0.3) is 0 Å². The molecule has 0 aliphatic heterocycles. The molecule has 0 unspecified atom stereocenters. The Morgan fingerprint density at radius 2 is 2.24 bits per heavy atom. The van der Waals surface area contributed by atoms with Crippen LogP contribution in [0.3, 0.4) is 0 Å². The van der Waals surface area contributed by atoms with Crippen LogP contribution in [0.15, 0.2) is 29.6 Å². The van der Waals surface area contributed by atoms with Gasteiger partial charge in [-0.1, -0.05) is 17.9 Å². The highest BCUT2D eigenvalue weighted by molar-refractivity contribution is 7.12. The highest BCUT2D eigenvalue weighted by atomic mass is 32.1. The van der Waals surface area contributed by atoms with Gasteiger partial charge in [0.2, 0.25) is 0 Å². The zero-order valence-electron chi connectivity index (χ0n) is 11.4. The number of nitrogens with one attached hydrogen (secondary N) is 1. The summed E-state index contributed by atoms with van der Waals surface area (Å²) in [5, 5.41) is 13.2. The first-order valence-corrected chi connectivity index (χ1v) is 7.24. The minimum atomic E-state index is -0.398. The van der Waals surface area contributed by atoms with Crippen molar-refractivity contribution in [3.63, 3.8) is 0 Å². The van der Waals surface area contributed by atoms with Gasteiger partial charge in [0.25, 0.3) is 5.91 Å². The van der Waals surface area contributed by atoms with Crippen LogP contribution in [0, 0.1) is 24.6 Å². The fraction of sp³-hybridized carbons (Fsp3) is 0.188. The first kappa shape index (κ1) is 15.2. The molecule has 5 heteroatoms. The number of aliphatic hydroxyl groups is 1. The Morgan fingerprint density at radius 1 is 1.43 bits per heavy atom. The number of carbonyl (C=O) groups is 1. The van der Waals surface area contributed by atoms with E-state index in [0.717, 1.165) is 5.56 Å². The molecule has 1 aromatic carbocycles. The number of carbonyl (C=O) groups excluding carboxylic acids is 1. The summed E-state index contributed by atoms with van der Waals surface area (Å²) in [6, 6.07) is 6.00. The molecule has 1 amide bonds. The first-order chi connectivity index (χ1) is 10.1. The van der Waals surface area contributed by atoms with Crippen LogP contribution in [-0.4, -0.2) is 17.6 Å². The highest BCUT2D eigenvalue weighted by Crippen LogP contribution is 2.21. The van der Waals surface area contributed by atoms with Crippen molar-refractivity contribution in [3.05, 3.63) is 51.5 Å². The van der Waals surface area contributed by atoms with Gasteiger partial charge in [-0.3, -0.25) is 4.79 Å². The Labute approximate surface area is 126 Å². The van der Waals surface area contributed by atoms with E-state index < -0.39 is 5.82 Å². The third-order valence-corrected chi connectivity index (χ3v) is 3.69. The Hall–Kier alpha value is -2.16. The smallest absolute Gasteiger partial charge is 0.267 e. The molecule has 0 aliphatic carbocycles. The molecule has 0 spiro atoms. The summed E-state index contributed by atoms with van der Waals surface area (Å²) in [5.74, 6) is 4.93. The molecular weight excluding hydrogens is 289 g/mol. The molecule has 0 saturated carbocycles. The van der Waals surface area contributed by atoms with E-state index in [1.165, 1.54) is 23.5 Å². The normalized spacial score (nSPS) is 9.86. The Kier molecular flexibility index (Phi) is 5.09. The standard InChI is InChI=1S/C16H14FNO2S/c1-11-5-6-13(17)10-14(11)18-16(20)15-12(7-9-21-15)4-2-3-8-19/h5-7,9-10,19H,3,8H2,1H3,(H,18,20). The van der Waals surface area contributed by atoms with Gasteiger partial charge in [0.05, 0.1) is 6.61 Å². The second kappa shape index (κ2) is 7.02. The predicted molar refractivity (Wildman–Crippen MR) is 82.0 cm³/mol. The van der Waals surface area contributed by atoms with Crippen molar-refractivity contribution >= 4 is 22.9 Å². The van der Waals surface area contributed by atoms with Crippen LogP contribution in [-0.2, 0) is 0 Å². The molecule has 21 heavy (non-hydrogen) atoms. The van der Waals surface area contributed by atoms with E-state index in [1.807, 2.05) is 0 Å². The lowest BCUT2D eigenvalue weighted by Crippen LogP contribution is -2.12. The van der Waals surface area contributed by atoms with E-state index in [0.29, 0.717) is 22.5 Å². The van der Waals surface area contributed by atoms with Crippen molar-refractivity contribution in [1.29, 1.82) is 0 Å². The third-order valence-electron chi connectivity index (χ3n) is 2.78. The van der Waals surface area contributed by atoms with Crippen molar-refractivity contribution in [2.75, 3.05) is 11.9 Å². The number of aliphatic hydroxyl groups excluding tert-OH is 1. The van der Waals surface area contributed by atoms with Gasteiger partial charge >= 0.3 is 0 Å². The van der Waals surface area contributed by atoms with Gasteiger partial charge in [0.15, 0.2) is 0 Å². The van der Waals surface area contributed by atoms with Crippen LogP contribution < -0.4 is 5.32 Å². The molecule has 0 saturated heterocycles. The molecule has 0 aliphatic rings. The van der Waals surface area contributed by atoms with Crippen molar-refractivity contribution in [3.8, 4) is 11.8 Å². The summed E-state index contributed by atoms with van der Waals surface area (Å²) >= 11 is 1.27. The first-order valence-electron chi connectivity index (χ1n) is 6.36. The fourth-order valence-electron chi connectivity index (χ4n) is 1.71. The topological polar surface area (TPSA) is 49.3 Å². The van der Waals surface area contributed by atoms with Crippen LogP contribution in [0.1, 0.15) is 27.2 Å². The minimum Gasteiger partial charge on any atom is -0.395 e. The lowest BCUT2D eigenvalue weighted by Gasteiger charge is -2.07. The van der Waals surface area contributed by atoms with E-state index >= 15 is 0 Å². The van der Waals surface area contributed by atoms with E-state index in [1.54, 1.807) is 24.4 Å². The predicted octanol–water partition coefficient (Wildman–Crippen LogP) is 3.18. The summed E-state index contributed by atoms with van der Waals surface area (Å²) in [6.07, 6.45) is 0.361. The SMILES string of the molecule is Cc1ccc(F)cc1NC(=O)c1sccc1C#CCCO. The number of amides is 1. The monoisotopic (exact) mass is 303 g/mol. The highest BCUT2D eigenvalue weighted by Gasteiger charge is 2.13. The van der Waals surface area contributed by atoms with Gasteiger partial charge < -0.3 is 10.4 Å². The van der Waals surface area contributed by atoms with Crippen LogP contribution >= 0.6 is 11.3 Å². The lowest BCUT2D eigenvalue weighted by atomic mass is 10.2. The number of halogens is 1. The zero-order valence-corrected chi connectivity index (χ0v) is 12.3. The van der Waals surface area contributed by atoms with Crippen molar-refractivity contribution < 1.29 is 14.3 Å². The van der Waals surface area contributed by atoms with Gasteiger partial charge in [-0.2, -0.15) is 0 Å². The van der Waals surface area contributed by atoms with Gasteiger partial charge in [0, 0.05) is 17.7 Å². The summed E-state index contributed by atoms with van der Waals surface area (Å²) < 4.78 is 13.2.